The smallest absolute Gasteiger partial charge is 0.411 e. The Bertz CT molecular complexity index is 558. The van der Waals surface area contributed by atoms with Crippen LogP contribution in [0.15, 0.2) is 12.3 Å². The molecule has 0 spiro atoms. The molecule has 0 radical (unpaired) electrons. The van der Waals surface area contributed by atoms with Crippen LogP contribution in [-0.2, 0) is 15.1 Å². The Morgan fingerprint density at radius 2 is 1.90 bits per heavy atom. The molecule has 1 atom stereocenters. The number of pyridine rings is 1. The van der Waals surface area contributed by atoms with Gasteiger partial charge in [-0.25, -0.2) is 9.78 Å². The molecule has 1 amide bonds. The number of aromatic nitrogens is 1. The number of halogens is 2. The molecule has 1 unspecified atom stereocenters. The molecule has 0 saturated carbocycles. The summed E-state index contributed by atoms with van der Waals surface area (Å²) in [6, 6.07) is 1.51. The highest BCUT2D eigenvalue weighted by Crippen LogP contribution is 2.30. The van der Waals surface area contributed by atoms with Gasteiger partial charge in [0.05, 0.1) is 5.02 Å². The zero-order valence-electron chi connectivity index (χ0n) is 12.6. The number of aldehydes is 1. The maximum Gasteiger partial charge on any atom is 0.411 e. The van der Waals surface area contributed by atoms with Gasteiger partial charge in [0.1, 0.15) is 22.6 Å². The molecule has 0 bridgehead atoms. The number of hydrogen-bond donors (Lipinski definition) is 0. The Morgan fingerprint density at radius 3 is 2.33 bits per heavy atom. The second-order valence-corrected chi connectivity index (χ2v) is 6.57. The van der Waals surface area contributed by atoms with Crippen LogP contribution in [0.3, 0.4) is 0 Å². The Kier molecular flexibility index (Phi) is 5.23. The van der Waals surface area contributed by atoms with Gasteiger partial charge in [-0.2, -0.15) is 0 Å². The van der Waals surface area contributed by atoms with E-state index in [9.17, 15) is 9.59 Å². The average molecular weight is 333 g/mol. The SMILES string of the molecule is CN(C(=O)OC(C)(C)C)C(C)(C=O)c1cnc(Cl)c(Cl)c1. The number of rotatable bonds is 3. The van der Waals surface area contributed by atoms with Crippen molar-refractivity contribution in [3.8, 4) is 0 Å². The van der Waals surface area contributed by atoms with E-state index < -0.39 is 17.2 Å². The van der Waals surface area contributed by atoms with Gasteiger partial charge in [0.25, 0.3) is 0 Å². The Morgan fingerprint density at radius 1 is 1.33 bits per heavy atom. The lowest BCUT2D eigenvalue weighted by Crippen LogP contribution is -2.48. The maximum absolute atomic E-state index is 12.2. The van der Waals surface area contributed by atoms with E-state index in [2.05, 4.69) is 4.98 Å². The highest BCUT2D eigenvalue weighted by molar-refractivity contribution is 6.41. The van der Waals surface area contributed by atoms with E-state index in [1.54, 1.807) is 27.7 Å². The average Bonchev–Trinajstić information content (AvgIpc) is 2.38. The summed E-state index contributed by atoms with van der Waals surface area (Å²) in [4.78, 5) is 28.8. The van der Waals surface area contributed by atoms with Gasteiger partial charge in [0.15, 0.2) is 0 Å². The fraction of sp³-hybridized carbons (Fsp3) is 0.500. The molecule has 21 heavy (non-hydrogen) atoms. The highest BCUT2D eigenvalue weighted by atomic mass is 35.5. The van der Waals surface area contributed by atoms with Crippen LogP contribution in [0.25, 0.3) is 0 Å². The predicted molar refractivity (Wildman–Crippen MR) is 81.7 cm³/mol. The first-order valence-electron chi connectivity index (χ1n) is 6.26. The first-order chi connectivity index (χ1) is 9.51. The molecule has 0 aliphatic heterocycles. The van der Waals surface area contributed by atoms with Crippen LogP contribution >= 0.6 is 23.2 Å². The van der Waals surface area contributed by atoms with Gasteiger partial charge in [-0.05, 0) is 33.8 Å². The van der Waals surface area contributed by atoms with Gasteiger partial charge in [0, 0.05) is 18.8 Å². The third-order valence-electron chi connectivity index (χ3n) is 2.97. The number of ether oxygens (including phenoxy) is 1. The normalized spacial score (nSPS) is 14.2. The maximum atomic E-state index is 12.2. The molecule has 1 aromatic rings. The van der Waals surface area contributed by atoms with E-state index in [0.29, 0.717) is 11.8 Å². The number of nitrogens with zero attached hydrogens (tertiary/aromatic N) is 2. The minimum atomic E-state index is -1.26. The number of likely N-dealkylation sites (N-methyl/N-ethyl adjacent to an activating group) is 1. The quantitative estimate of drug-likeness (QED) is 0.625. The standard InChI is InChI=1S/C14H18Cl2N2O3/c1-13(2,3)21-12(20)18(5)14(4,8-19)9-6-10(15)11(16)17-7-9/h6-8H,1-5H3. The van der Waals surface area contributed by atoms with E-state index in [1.807, 2.05) is 0 Å². The lowest BCUT2D eigenvalue weighted by atomic mass is 9.94. The summed E-state index contributed by atoms with van der Waals surface area (Å²) in [5.41, 5.74) is -1.48. The molecule has 1 heterocycles. The summed E-state index contributed by atoms with van der Waals surface area (Å²) >= 11 is 11.7. The first-order valence-corrected chi connectivity index (χ1v) is 7.01. The molecule has 0 fully saturated rings. The Balaban J connectivity index is 3.16. The zero-order chi connectivity index (χ0) is 16.4. The second-order valence-electron chi connectivity index (χ2n) is 5.80. The number of hydrogen-bond acceptors (Lipinski definition) is 4. The van der Waals surface area contributed by atoms with Crippen molar-refractivity contribution in [2.45, 2.75) is 38.8 Å². The summed E-state index contributed by atoms with van der Waals surface area (Å²) in [5, 5.41) is 0.341. The largest absolute Gasteiger partial charge is 0.444 e. The van der Waals surface area contributed by atoms with Crippen LogP contribution in [0.4, 0.5) is 4.79 Å². The van der Waals surface area contributed by atoms with Gasteiger partial charge in [-0.15, -0.1) is 0 Å². The van der Waals surface area contributed by atoms with Crippen LogP contribution in [0.1, 0.15) is 33.3 Å². The van der Waals surface area contributed by atoms with Crippen molar-refractivity contribution < 1.29 is 14.3 Å². The van der Waals surface area contributed by atoms with Crippen molar-refractivity contribution in [3.63, 3.8) is 0 Å². The molecule has 116 valence electrons. The molecule has 0 aliphatic rings. The first kappa shape index (κ1) is 17.7. The minimum absolute atomic E-state index is 0.133. The van der Waals surface area contributed by atoms with Gasteiger partial charge in [-0.1, -0.05) is 23.2 Å². The van der Waals surface area contributed by atoms with Crippen molar-refractivity contribution in [1.29, 1.82) is 0 Å². The molecular formula is C14H18Cl2N2O3. The lowest BCUT2D eigenvalue weighted by molar-refractivity contribution is -0.117. The van der Waals surface area contributed by atoms with Crippen molar-refractivity contribution in [2.24, 2.45) is 0 Å². The van der Waals surface area contributed by atoms with Gasteiger partial charge in [-0.3, -0.25) is 4.90 Å². The molecule has 0 aromatic carbocycles. The molecule has 7 heteroatoms. The van der Waals surface area contributed by atoms with E-state index in [4.69, 9.17) is 27.9 Å². The number of amides is 1. The van der Waals surface area contributed by atoms with Crippen molar-refractivity contribution >= 4 is 35.6 Å². The second kappa shape index (κ2) is 6.20. The van der Waals surface area contributed by atoms with Gasteiger partial charge < -0.3 is 9.53 Å². The molecule has 0 aliphatic carbocycles. The van der Waals surface area contributed by atoms with Crippen molar-refractivity contribution in [2.75, 3.05) is 7.05 Å². The Labute approximate surface area is 134 Å². The highest BCUT2D eigenvalue weighted by Gasteiger charge is 2.37. The third kappa shape index (κ3) is 4.08. The summed E-state index contributed by atoms with van der Waals surface area (Å²) in [6.07, 6.45) is 1.42. The summed E-state index contributed by atoms with van der Waals surface area (Å²) in [5.74, 6) is 0. The van der Waals surface area contributed by atoms with Crippen LogP contribution in [0.5, 0.6) is 0 Å². The summed E-state index contributed by atoms with van der Waals surface area (Å²) < 4.78 is 5.27. The lowest BCUT2D eigenvalue weighted by Gasteiger charge is -2.35. The van der Waals surface area contributed by atoms with Crippen LogP contribution in [-0.4, -0.2) is 34.9 Å². The summed E-state index contributed by atoms with van der Waals surface area (Å²) in [7, 11) is 1.48. The minimum Gasteiger partial charge on any atom is -0.444 e. The summed E-state index contributed by atoms with van der Waals surface area (Å²) in [6.45, 7) is 6.82. The zero-order valence-corrected chi connectivity index (χ0v) is 14.1. The van der Waals surface area contributed by atoms with E-state index in [1.165, 1.54) is 24.2 Å². The van der Waals surface area contributed by atoms with E-state index in [-0.39, 0.29) is 10.2 Å². The molecule has 0 saturated heterocycles. The van der Waals surface area contributed by atoms with Gasteiger partial charge >= 0.3 is 6.09 Å². The fourth-order valence-corrected chi connectivity index (χ4v) is 1.83. The topological polar surface area (TPSA) is 59.5 Å². The number of carbonyl (C=O) groups excluding carboxylic acids is 2. The van der Waals surface area contributed by atoms with Crippen LogP contribution < -0.4 is 0 Å². The molecule has 5 nitrogen and oxygen atoms in total. The molecule has 1 rings (SSSR count). The molecule has 0 N–H and O–H groups in total. The predicted octanol–water partition coefficient (Wildman–Crippen LogP) is 3.67. The Hall–Kier alpha value is -1.33. The van der Waals surface area contributed by atoms with Crippen LogP contribution in [0.2, 0.25) is 10.2 Å². The molecule has 1 aromatic heterocycles. The van der Waals surface area contributed by atoms with Crippen molar-refractivity contribution in [1.82, 2.24) is 9.88 Å². The van der Waals surface area contributed by atoms with Crippen molar-refractivity contribution in [3.05, 3.63) is 28.0 Å². The number of carbonyl (C=O) groups is 2. The van der Waals surface area contributed by atoms with Crippen LogP contribution in [0, 0.1) is 0 Å². The fourth-order valence-electron chi connectivity index (χ4n) is 1.56. The monoisotopic (exact) mass is 332 g/mol. The van der Waals surface area contributed by atoms with Gasteiger partial charge in [0.2, 0.25) is 0 Å². The molecular weight excluding hydrogens is 315 g/mol. The van der Waals surface area contributed by atoms with E-state index >= 15 is 0 Å². The van der Waals surface area contributed by atoms with E-state index in [0.717, 1.165) is 0 Å². The third-order valence-corrected chi connectivity index (χ3v) is 3.66.